The second-order valence-electron chi connectivity index (χ2n) is 6.05. The maximum atomic E-state index is 12.4. The Bertz CT molecular complexity index is 450. The van der Waals surface area contributed by atoms with Crippen molar-refractivity contribution in [1.29, 1.82) is 0 Å². The van der Waals surface area contributed by atoms with Crippen LogP contribution in [0.1, 0.15) is 38.3 Å². The Morgan fingerprint density at radius 3 is 2.57 bits per heavy atom. The topological polar surface area (TPSA) is 50.4 Å². The second-order valence-corrected chi connectivity index (χ2v) is 6.05. The fourth-order valence-electron chi connectivity index (χ4n) is 2.79. The molecule has 4 heteroatoms. The Balaban J connectivity index is 2.05. The van der Waals surface area contributed by atoms with Crippen LogP contribution in [0, 0.1) is 11.8 Å². The first-order chi connectivity index (χ1) is 10.1. The minimum atomic E-state index is 0.0466. The van der Waals surface area contributed by atoms with Crippen molar-refractivity contribution in [1.82, 2.24) is 10.6 Å². The summed E-state index contributed by atoms with van der Waals surface area (Å²) in [6, 6.07) is 7.99. The number of carbonyl (C=O) groups excluding carboxylic acids is 1. The van der Waals surface area contributed by atoms with Gasteiger partial charge in [-0.2, -0.15) is 0 Å². The van der Waals surface area contributed by atoms with Gasteiger partial charge in [0.1, 0.15) is 5.75 Å². The third-order valence-corrected chi connectivity index (χ3v) is 4.11. The van der Waals surface area contributed by atoms with Crippen LogP contribution < -0.4 is 15.4 Å². The third kappa shape index (κ3) is 4.21. The van der Waals surface area contributed by atoms with Gasteiger partial charge in [0, 0.05) is 6.54 Å². The van der Waals surface area contributed by atoms with E-state index in [1.165, 1.54) is 0 Å². The number of benzene rings is 1. The van der Waals surface area contributed by atoms with Crippen LogP contribution >= 0.6 is 0 Å². The summed E-state index contributed by atoms with van der Waals surface area (Å²) in [5.74, 6) is 1.44. The van der Waals surface area contributed by atoms with Gasteiger partial charge >= 0.3 is 0 Å². The molecule has 1 heterocycles. The molecule has 2 N–H and O–H groups in total. The Morgan fingerprint density at radius 2 is 2.05 bits per heavy atom. The molecular weight excluding hydrogens is 264 g/mol. The first-order valence-electron chi connectivity index (χ1n) is 7.77. The SMILES string of the molecule is COc1ccc(C(NC(=O)C2CCCNC2)C(C)C)cc1. The van der Waals surface area contributed by atoms with E-state index >= 15 is 0 Å². The van der Waals surface area contributed by atoms with Crippen molar-refractivity contribution < 1.29 is 9.53 Å². The first kappa shape index (κ1) is 15.8. The van der Waals surface area contributed by atoms with E-state index in [1.807, 2.05) is 24.3 Å². The normalized spacial score (nSPS) is 20.1. The molecule has 0 bridgehead atoms. The molecule has 0 saturated carbocycles. The molecule has 1 amide bonds. The fourth-order valence-corrected chi connectivity index (χ4v) is 2.79. The van der Waals surface area contributed by atoms with Crippen LogP contribution in [0.2, 0.25) is 0 Å². The lowest BCUT2D eigenvalue weighted by molar-refractivity contribution is -0.126. The molecule has 1 fully saturated rings. The number of methoxy groups -OCH3 is 1. The summed E-state index contributed by atoms with van der Waals surface area (Å²) in [7, 11) is 1.66. The van der Waals surface area contributed by atoms with Gasteiger partial charge in [0.05, 0.1) is 19.1 Å². The summed E-state index contributed by atoms with van der Waals surface area (Å²) >= 11 is 0. The number of amides is 1. The van der Waals surface area contributed by atoms with Crippen LogP contribution in [0.15, 0.2) is 24.3 Å². The Hall–Kier alpha value is -1.55. The van der Waals surface area contributed by atoms with Crippen LogP contribution in [-0.4, -0.2) is 26.1 Å². The molecule has 2 unspecified atom stereocenters. The quantitative estimate of drug-likeness (QED) is 0.876. The van der Waals surface area contributed by atoms with Crippen LogP contribution in [0.3, 0.4) is 0 Å². The van der Waals surface area contributed by atoms with Crippen molar-refractivity contribution in [2.75, 3.05) is 20.2 Å². The van der Waals surface area contributed by atoms with Crippen LogP contribution in [-0.2, 0) is 4.79 Å². The summed E-state index contributed by atoms with van der Waals surface area (Å²) in [5, 5.41) is 6.52. The summed E-state index contributed by atoms with van der Waals surface area (Å²) in [4.78, 5) is 12.4. The Morgan fingerprint density at radius 1 is 1.33 bits per heavy atom. The molecular formula is C17H26N2O2. The molecule has 1 aromatic carbocycles. The van der Waals surface area contributed by atoms with Crippen molar-refractivity contribution >= 4 is 5.91 Å². The molecule has 116 valence electrons. The number of nitrogens with one attached hydrogen (secondary N) is 2. The predicted octanol–water partition coefficient (Wildman–Crippen LogP) is 2.51. The molecule has 1 aliphatic heterocycles. The number of hydrogen-bond donors (Lipinski definition) is 2. The lowest BCUT2D eigenvalue weighted by Gasteiger charge is -2.28. The van der Waals surface area contributed by atoms with Gasteiger partial charge in [0.2, 0.25) is 5.91 Å². The minimum Gasteiger partial charge on any atom is -0.497 e. The average molecular weight is 290 g/mol. The number of ether oxygens (including phenoxy) is 1. The first-order valence-corrected chi connectivity index (χ1v) is 7.77. The predicted molar refractivity (Wildman–Crippen MR) is 84.3 cm³/mol. The van der Waals surface area contributed by atoms with E-state index in [1.54, 1.807) is 7.11 Å². The maximum Gasteiger partial charge on any atom is 0.224 e. The Labute approximate surface area is 127 Å². The van der Waals surface area contributed by atoms with Gasteiger partial charge in [-0.05, 0) is 43.0 Å². The smallest absolute Gasteiger partial charge is 0.224 e. The van der Waals surface area contributed by atoms with Crippen LogP contribution in [0.4, 0.5) is 0 Å². The van der Waals surface area contributed by atoms with Gasteiger partial charge in [0.25, 0.3) is 0 Å². The van der Waals surface area contributed by atoms with Gasteiger partial charge in [-0.3, -0.25) is 4.79 Å². The number of rotatable bonds is 5. The van der Waals surface area contributed by atoms with E-state index in [-0.39, 0.29) is 17.9 Å². The lowest BCUT2D eigenvalue weighted by Crippen LogP contribution is -2.42. The monoisotopic (exact) mass is 290 g/mol. The molecule has 0 radical (unpaired) electrons. The third-order valence-electron chi connectivity index (χ3n) is 4.11. The summed E-state index contributed by atoms with van der Waals surface area (Å²) in [5.41, 5.74) is 1.13. The lowest BCUT2D eigenvalue weighted by atomic mass is 9.93. The molecule has 1 saturated heterocycles. The molecule has 0 aromatic heterocycles. The van der Waals surface area contributed by atoms with Crippen molar-refractivity contribution in [2.24, 2.45) is 11.8 Å². The van der Waals surface area contributed by atoms with E-state index in [0.29, 0.717) is 5.92 Å². The molecule has 0 aliphatic carbocycles. The van der Waals surface area contributed by atoms with E-state index in [9.17, 15) is 4.79 Å². The molecule has 0 spiro atoms. The van der Waals surface area contributed by atoms with E-state index in [2.05, 4.69) is 24.5 Å². The summed E-state index contributed by atoms with van der Waals surface area (Å²) in [6.45, 7) is 6.08. The minimum absolute atomic E-state index is 0.0466. The molecule has 4 nitrogen and oxygen atoms in total. The molecule has 2 rings (SSSR count). The second kappa shape index (κ2) is 7.46. The van der Waals surface area contributed by atoms with Crippen molar-refractivity contribution in [3.63, 3.8) is 0 Å². The Kier molecular flexibility index (Phi) is 5.62. The van der Waals surface area contributed by atoms with Gasteiger partial charge in [-0.1, -0.05) is 26.0 Å². The van der Waals surface area contributed by atoms with Gasteiger partial charge in [-0.25, -0.2) is 0 Å². The van der Waals surface area contributed by atoms with E-state index in [0.717, 1.165) is 37.2 Å². The zero-order valence-corrected chi connectivity index (χ0v) is 13.2. The zero-order chi connectivity index (χ0) is 15.2. The number of hydrogen-bond acceptors (Lipinski definition) is 3. The van der Waals surface area contributed by atoms with Gasteiger partial charge in [-0.15, -0.1) is 0 Å². The van der Waals surface area contributed by atoms with E-state index in [4.69, 9.17) is 4.74 Å². The molecule has 1 aromatic rings. The standard InChI is InChI=1S/C17H26N2O2/c1-12(2)16(13-6-8-15(21-3)9-7-13)19-17(20)14-5-4-10-18-11-14/h6-9,12,14,16,18H,4-5,10-11H2,1-3H3,(H,19,20). The van der Waals surface area contributed by atoms with Crippen LogP contribution in [0.25, 0.3) is 0 Å². The summed E-state index contributed by atoms with van der Waals surface area (Å²) in [6.07, 6.45) is 2.05. The summed E-state index contributed by atoms with van der Waals surface area (Å²) < 4.78 is 5.19. The highest BCUT2D eigenvalue weighted by atomic mass is 16.5. The van der Waals surface area contributed by atoms with Gasteiger partial charge in [0.15, 0.2) is 0 Å². The highest BCUT2D eigenvalue weighted by Gasteiger charge is 2.25. The van der Waals surface area contributed by atoms with Crippen molar-refractivity contribution in [3.05, 3.63) is 29.8 Å². The maximum absolute atomic E-state index is 12.4. The van der Waals surface area contributed by atoms with E-state index < -0.39 is 0 Å². The molecule has 2 atom stereocenters. The van der Waals surface area contributed by atoms with Crippen molar-refractivity contribution in [2.45, 2.75) is 32.7 Å². The largest absolute Gasteiger partial charge is 0.497 e. The number of carbonyl (C=O) groups is 1. The van der Waals surface area contributed by atoms with Crippen molar-refractivity contribution in [3.8, 4) is 5.75 Å². The highest BCUT2D eigenvalue weighted by Crippen LogP contribution is 2.25. The van der Waals surface area contributed by atoms with Gasteiger partial charge < -0.3 is 15.4 Å². The highest BCUT2D eigenvalue weighted by molar-refractivity contribution is 5.79. The average Bonchev–Trinajstić information content (AvgIpc) is 2.53. The number of piperidine rings is 1. The van der Waals surface area contributed by atoms with Crippen LogP contribution in [0.5, 0.6) is 5.75 Å². The molecule has 1 aliphatic rings. The zero-order valence-electron chi connectivity index (χ0n) is 13.2. The fraction of sp³-hybridized carbons (Fsp3) is 0.588. The molecule has 21 heavy (non-hydrogen) atoms.